The third-order valence-electron chi connectivity index (χ3n) is 7.41. The summed E-state index contributed by atoms with van der Waals surface area (Å²) >= 11 is 0. The molecule has 0 bridgehead atoms. The van der Waals surface area contributed by atoms with Crippen LogP contribution in [0.4, 0.5) is 11.4 Å². The molecular weight excluding hydrogens is 464 g/mol. The molecule has 0 amide bonds. The molecular formula is C35H28N2O. The second-order valence-corrected chi connectivity index (χ2v) is 9.70. The Morgan fingerprint density at radius 3 is 2.37 bits per heavy atom. The quantitative estimate of drug-likeness (QED) is 0.266. The topological polar surface area (TPSA) is 28.3 Å². The van der Waals surface area contributed by atoms with Crippen LogP contribution in [0.3, 0.4) is 0 Å². The summed E-state index contributed by atoms with van der Waals surface area (Å²) in [4.78, 5) is 5.91. The molecule has 1 N–H and O–H groups in total. The molecule has 0 unspecified atom stereocenters. The number of fused-ring (bicyclic) bond motifs is 6. The average molecular weight is 493 g/mol. The standard InChI is InChI=1S/C35H28N2O/c1-3-10-31-33(4-2)38-34-22-25(17-20-32(34)37(31)26-12-6-5-7-13-26)24-16-18-29-28(21-24)35-27-14-9-8-11-23(27)15-19-30(35)36-29/h4-22,36H,3H2,1-2H3/b31-10+,33-4+. The summed E-state index contributed by atoms with van der Waals surface area (Å²) in [5.41, 5.74) is 7.85. The van der Waals surface area contributed by atoms with Gasteiger partial charge in [-0.25, -0.2) is 0 Å². The van der Waals surface area contributed by atoms with Crippen molar-refractivity contribution in [1.29, 1.82) is 0 Å². The maximum absolute atomic E-state index is 6.51. The fourth-order valence-corrected chi connectivity index (χ4v) is 5.67. The van der Waals surface area contributed by atoms with Gasteiger partial charge in [-0.1, -0.05) is 73.7 Å². The minimum atomic E-state index is 0.858. The first kappa shape index (κ1) is 22.4. The molecule has 0 radical (unpaired) electrons. The summed E-state index contributed by atoms with van der Waals surface area (Å²) in [6, 6.07) is 36.7. The van der Waals surface area contributed by atoms with Gasteiger partial charge in [0.05, 0.1) is 11.4 Å². The van der Waals surface area contributed by atoms with Crippen molar-refractivity contribution in [1.82, 2.24) is 4.98 Å². The molecule has 5 aromatic carbocycles. The van der Waals surface area contributed by atoms with Crippen LogP contribution in [-0.4, -0.2) is 4.98 Å². The van der Waals surface area contributed by atoms with Crippen molar-refractivity contribution < 1.29 is 4.74 Å². The van der Waals surface area contributed by atoms with E-state index in [0.717, 1.165) is 51.6 Å². The van der Waals surface area contributed by atoms with E-state index in [1.54, 1.807) is 0 Å². The van der Waals surface area contributed by atoms with Gasteiger partial charge in [-0.15, -0.1) is 0 Å². The van der Waals surface area contributed by atoms with E-state index in [-0.39, 0.29) is 0 Å². The summed E-state index contributed by atoms with van der Waals surface area (Å²) in [6.07, 6.45) is 5.21. The van der Waals surface area contributed by atoms with Crippen LogP contribution in [0.2, 0.25) is 0 Å². The highest BCUT2D eigenvalue weighted by Crippen LogP contribution is 2.46. The molecule has 7 rings (SSSR count). The maximum atomic E-state index is 6.51. The van der Waals surface area contributed by atoms with Crippen molar-refractivity contribution in [3.05, 3.63) is 127 Å². The van der Waals surface area contributed by atoms with Crippen molar-refractivity contribution in [3.63, 3.8) is 0 Å². The third kappa shape index (κ3) is 3.51. The Bertz CT molecular complexity index is 1890. The molecule has 0 fully saturated rings. The van der Waals surface area contributed by atoms with E-state index in [1.807, 2.05) is 6.92 Å². The zero-order chi connectivity index (χ0) is 25.6. The van der Waals surface area contributed by atoms with Crippen LogP contribution in [0.25, 0.3) is 43.7 Å². The molecule has 1 aromatic heterocycles. The molecule has 184 valence electrons. The van der Waals surface area contributed by atoms with Gasteiger partial charge in [-0.3, -0.25) is 0 Å². The van der Waals surface area contributed by atoms with Gasteiger partial charge in [0.15, 0.2) is 5.75 Å². The number of aromatic amines is 1. The van der Waals surface area contributed by atoms with E-state index in [9.17, 15) is 0 Å². The lowest BCUT2D eigenvalue weighted by atomic mass is 9.99. The first-order chi connectivity index (χ1) is 18.7. The molecule has 0 atom stereocenters. The number of hydrogen-bond donors (Lipinski definition) is 1. The van der Waals surface area contributed by atoms with E-state index in [1.165, 1.54) is 27.1 Å². The SMILES string of the molecule is C/C=C1/Oc2cc(-c3ccc4[nH]c5ccc6ccccc6c5c4c3)ccc2N(c2ccccc2)/C1=C/CC. The van der Waals surface area contributed by atoms with Crippen LogP contribution in [-0.2, 0) is 0 Å². The lowest BCUT2D eigenvalue weighted by Crippen LogP contribution is -2.25. The molecule has 2 heterocycles. The molecule has 3 heteroatoms. The number of benzene rings is 5. The molecule has 0 spiro atoms. The van der Waals surface area contributed by atoms with E-state index < -0.39 is 0 Å². The largest absolute Gasteiger partial charge is 0.453 e. The predicted octanol–water partition coefficient (Wildman–Crippen LogP) is 9.87. The molecule has 0 saturated heterocycles. The van der Waals surface area contributed by atoms with Crippen molar-refractivity contribution in [2.45, 2.75) is 20.3 Å². The van der Waals surface area contributed by atoms with Gasteiger partial charge in [0.25, 0.3) is 0 Å². The van der Waals surface area contributed by atoms with Crippen LogP contribution < -0.4 is 9.64 Å². The van der Waals surface area contributed by atoms with Crippen molar-refractivity contribution in [3.8, 4) is 16.9 Å². The van der Waals surface area contributed by atoms with Gasteiger partial charge in [-0.05, 0) is 83.8 Å². The lowest BCUT2D eigenvalue weighted by Gasteiger charge is -2.35. The number of H-pyrrole nitrogens is 1. The van der Waals surface area contributed by atoms with Crippen molar-refractivity contribution >= 4 is 44.0 Å². The van der Waals surface area contributed by atoms with Crippen LogP contribution in [0.5, 0.6) is 5.75 Å². The number of rotatable bonds is 3. The van der Waals surface area contributed by atoms with E-state index in [2.05, 4.69) is 132 Å². The van der Waals surface area contributed by atoms with E-state index >= 15 is 0 Å². The monoisotopic (exact) mass is 492 g/mol. The summed E-state index contributed by atoms with van der Waals surface area (Å²) in [7, 11) is 0. The lowest BCUT2D eigenvalue weighted by molar-refractivity contribution is 0.422. The number of para-hydroxylation sites is 1. The van der Waals surface area contributed by atoms with Crippen LogP contribution in [0.1, 0.15) is 20.3 Å². The Balaban J connectivity index is 1.40. The van der Waals surface area contributed by atoms with Gasteiger partial charge in [-0.2, -0.15) is 0 Å². The third-order valence-corrected chi connectivity index (χ3v) is 7.41. The van der Waals surface area contributed by atoms with Gasteiger partial charge >= 0.3 is 0 Å². The fourth-order valence-electron chi connectivity index (χ4n) is 5.67. The molecule has 3 nitrogen and oxygen atoms in total. The predicted molar refractivity (Wildman–Crippen MR) is 160 cm³/mol. The molecule has 0 aliphatic carbocycles. The molecule has 38 heavy (non-hydrogen) atoms. The highest BCUT2D eigenvalue weighted by molar-refractivity contribution is 6.20. The maximum Gasteiger partial charge on any atom is 0.152 e. The Kier molecular flexibility index (Phi) is 5.29. The Hall–Kier alpha value is -4.76. The molecule has 0 saturated carbocycles. The Morgan fingerprint density at radius 2 is 1.53 bits per heavy atom. The fraction of sp³-hybridized carbons (Fsp3) is 0.0857. The number of nitrogens with one attached hydrogen (secondary N) is 1. The zero-order valence-corrected chi connectivity index (χ0v) is 21.5. The first-order valence-corrected chi connectivity index (χ1v) is 13.2. The van der Waals surface area contributed by atoms with Crippen LogP contribution >= 0.6 is 0 Å². The molecule has 6 aromatic rings. The van der Waals surface area contributed by atoms with Crippen molar-refractivity contribution in [2.24, 2.45) is 0 Å². The number of hydrogen-bond acceptors (Lipinski definition) is 2. The van der Waals surface area contributed by atoms with E-state index in [0.29, 0.717) is 0 Å². The number of aromatic nitrogens is 1. The minimum absolute atomic E-state index is 0.858. The molecule has 1 aliphatic heterocycles. The summed E-state index contributed by atoms with van der Waals surface area (Å²) < 4.78 is 6.51. The Morgan fingerprint density at radius 1 is 0.763 bits per heavy atom. The van der Waals surface area contributed by atoms with Gasteiger partial charge in [0, 0.05) is 27.5 Å². The number of nitrogens with zero attached hydrogens (tertiary/aromatic N) is 1. The van der Waals surface area contributed by atoms with Gasteiger partial charge < -0.3 is 14.6 Å². The highest BCUT2D eigenvalue weighted by atomic mass is 16.5. The smallest absolute Gasteiger partial charge is 0.152 e. The second-order valence-electron chi connectivity index (χ2n) is 9.70. The summed E-state index contributed by atoms with van der Waals surface area (Å²) in [5.74, 6) is 1.73. The summed E-state index contributed by atoms with van der Waals surface area (Å²) in [5, 5.41) is 5.04. The second kappa shape index (κ2) is 8.97. The van der Waals surface area contributed by atoms with Crippen LogP contribution in [0, 0.1) is 0 Å². The van der Waals surface area contributed by atoms with Gasteiger partial charge in [0.2, 0.25) is 0 Å². The van der Waals surface area contributed by atoms with Gasteiger partial charge in [0.1, 0.15) is 5.76 Å². The average Bonchev–Trinajstić information content (AvgIpc) is 3.35. The first-order valence-electron chi connectivity index (χ1n) is 13.2. The number of anilines is 2. The Labute approximate surface area is 222 Å². The normalized spacial score (nSPS) is 15.5. The number of ether oxygens (including phenoxy) is 1. The van der Waals surface area contributed by atoms with Crippen molar-refractivity contribution in [2.75, 3.05) is 4.90 Å². The minimum Gasteiger partial charge on any atom is -0.453 e. The molecule has 1 aliphatic rings. The number of allylic oxidation sites excluding steroid dienone is 2. The van der Waals surface area contributed by atoms with Crippen LogP contribution in [0.15, 0.2) is 127 Å². The summed E-state index contributed by atoms with van der Waals surface area (Å²) in [6.45, 7) is 4.19. The highest BCUT2D eigenvalue weighted by Gasteiger charge is 2.28. The van der Waals surface area contributed by atoms with E-state index in [4.69, 9.17) is 4.74 Å². The zero-order valence-electron chi connectivity index (χ0n) is 21.5.